The Hall–Kier alpha value is -3.35. The maximum absolute atomic E-state index is 12.6. The molecule has 1 fully saturated rings. The van der Waals surface area contributed by atoms with Gasteiger partial charge < -0.3 is 20.2 Å². The summed E-state index contributed by atoms with van der Waals surface area (Å²) in [5.74, 6) is -1.19. The summed E-state index contributed by atoms with van der Waals surface area (Å²) in [6.45, 7) is 7.00. The summed E-state index contributed by atoms with van der Waals surface area (Å²) in [4.78, 5) is 40.5. The van der Waals surface area contributed by atoms with E-state index >= 15 is 0 Å². The van der Waals surface area contributed by atoms with Crippen LogP contribution in [0.15, 0.2) is 54.6 Å². The SMILES string of the molecule is CC(C)c1ccc(N2CCN(C(=O)CC[C@H](NC(=O)c3ccccc3)C(=O)O)CC2)cc1. The molecular formula is C25H31N3O4. The molecule has 0 aliphatic carbocycles. The lowest BCUT2D eigenvalue weighted by Crippen LogP contribution is -2.49. The molecule has 0 bridgehead atoms. The van der Waals surface area contributed by atoms with Crippen LogP contribution >= 0.6 is 0 Å². The molecule has 2 N–H and O–H groups in total. The molecule has 0 saturated carbocycles. The van der Waals surface area contributed by atoms with Crippen molar-refractivity contribution in [2.45, 2.75) is 38.6 Å². The number of nitrogens with zero attached hydrogens (tertiary/aromatic N) is 2. The fraction of sp³-hybridized carbons (Fsp3) is 0.400. The fourth-order valence-electron chi connectivity index (χ4n) is 3.80. The van der Waals surface area contributed by atoms with Gasteiger partial charge in [0, 0.05) is 43.9 Å². The molecule has 1 atom stereocenters. The number of aliphatic carboxylic acids is 1. The molecule has 0 spiro atoms. The number of amides is 2. The quantitative estimate of drug-likeness (QED) is 0.662. The summed E-state index contributed by atoms with van der Waals surface area (Å²) < 4.78 is 0. The monoisotopic (exact) mass is 437 g/mol. The Labute approximate surface area is 189 Å². The summed E-state index contributed by atoms with van der Waals surface area (Å²) in [5.41, 5.74) is 2.84. The Morgan fingerprint density at radius 2 is 1.56 bits per heavy atom. The first-order chi connectivity index (χ1) is 15.3. The molecule has 3 rings (SSSR count). The van der Waals surface area contributed by atoms with Gasteiger partial charge in [-0.25, -0.2) is 4.79 Å². The van der Waals surface area contributed by atoms with E-state index in [4.69, 9.17) is 0 Å². The number of anilines is 1. The Kier molecular flexibility index (Phi) is 7.87. The van der Waals surface area contributed by atoms with Gasteiger partial charge in [0.15, 0.2) is 0 Å². The first-order valence-electron chi connectivity index (χ1n) is 11.1. The lowest BCUT2D eigenvalue weighted by atomic mass is 10.0. The van der Waals surface area contributed by atoms with Crippen LogP contribution < -0.4 is 10.2 Å². The van der Waals surface area contributed by atoms with E-state index in [1.807, 2.05) is 0 Å². The third-order valence-electron chi connectivity index (χ3n) is 5.84. The number of carbonyl (C=O) groups excluding carboxylic acids is 2. The van der Waals surface area contributed by atoms with Crippen LogP contribution in [0.25, 0.3) is 0 Å². The smallest absolute Gasteiger partial charge is 0.326 e. The van der Waals surface area contributed by atoms with Gasteiger partial charge in [0.2, 0.25) is 5.91 Å². The van der Waals surface area contributed by atoms with E-state index in [0.29, 0.717) is 24.6 Å². The average molecular weight is 438 g/mol. The van der Waals surface area contributed by atoms with Crippen LogP contribution in [0, 0.1) is 0 Å². The van der Waals surface area contributed by atoms with Crippen molar-refractivity contribution in [1.82, 2.24) is 10.2 Å². The summed E-state index contributed by atoms with van der Waals surface area (Å²) >= 11 is 0. The largest absolute Gasteiger partial charge is 0.480 e. The van der Waals surface area contributed by atoms with E-state index in [2.05, 4.69) is 48.3 Å². The number of benzene rings is 2. The Bertz CT molecular complexity index is 920. The molecule has 32 heavy (non-hydrogen) atoms. The first kappa shape index (κ1) is 23.3. The molecule has 1 aliphatic rings. The summed E-state index contributed by atoms with van der Waals surface area (Å²) in [6, 6.07) is 15.9. The van der Waals surface area contributed by atoms with Gasteiger partial charge in [-0.3, -0.25) is 9.59 Å². The molecule has 2 aromatic rings. The molecule has 2 aromatic carbocycles. The molecule has 0 unspecified atom stereocenters. The lowest BCUT2D eigenvalue weighted by Gasteiger charge is -2.36. The number of hydrogen-bond acceptors (Lipinski definition) is 4. The van der Waals surface area contributed by atoms with Gasteiger partial charge in [0.1, 0.15) is 6.04 Å². The lowest BCUT2D eigenvalue weighted by molar-refractivity contribution is -0.139. The van der Waals surface area contributed by atoms with Crippen molar-refractivity contribution in [3.63, 3.8) is 0 Å². The highest BCUT2D eigenvalue weighted by Crippen LogP contribution is 2.21. The van der Waals surface area contributed by atoms with Gasteiger partial charge in [-0.05, 0) is 42.2 Å². The minimum Gasteiger partial charge on any atom is -0.480 e. The van der Waals surface area contributed by atoms with E-state index in [9.17, 15) is 19.5 Å². The van der Waals surface area contributed by atoms with Crippen LogP contribution in [0.4, 0.5) is 5.69 Å². The van der Waals surface area contributed by atoms with Crippen molar-refractivity contribution in [2.75, 3.05) is 31.1 Å². The van der Waals surface area contributed by atoms with Crippen LogP contribution in [0.1, 0.15) is 48.5 Å². The maximum atomic E-state index is 12.6. The molecule has 1 heterocycles. The maximum Gasteiger partial charge on any atom is 0.326 e. The van der Waals surface area contributed by atoms with Crippen LogP contribution in [0.2, 0.25) is 0 Å². The van der Waals surface area contributed by atoms with Crippen molar-refractivity contribution >= 4 is 23.5 Å². The standard InChI is InChI=1S/C25H31N3O4/c1-18(2)19-8-10-21(11-9-19)27-14-16-28(17-15-27)23(29)13-12-22(25(31)32)26-24(30)20-6-4-3-5-7-20/h3-11,18,22H,12-17H2,1-2H3,(H,26,30)(H,31,32)/t22-/m0/s1. The van der Waals surface area contributed by atoms with Crippen molar-refractivity contribution in [1.29, 1.82) is 0 Å². The number of carboxylic acids is 1. The minimum absolute atomic E-state index is 0.0591. The van der Waals surface area contributed by atoms with Crippen molar-refractivity contribution in [2.24, 2.45) is 0 Å². The number of piperazine rings is 1. The van der Waals surface area contributed by atoms with E-state index in [-0.39, 0.29) is 18.7 Å². The minimum atomic E-state index is -1.14. The van der Waals surface area contributed by atoms with Crippen LogP contribution in [0.3, 0.4) is 0 Å². The molecule has 0 aromatic heterocycles. The molecule has 1 saturated heterocycles. The number of carboxylic acid groups (broad SMARTS) is 1. The molecule has 2 amide bonds. The topological polar surface area (TPSA) is 90.0 Å². The summed E-state index contributed by atoms with van der Waals surface area (Å²) in [7, 11) is 0. The van der Waals surface area contributed by atoms with Crippen molar-refractivity contribution in [3.8, 4) is 0 Å². The molecule has 1 aliphatic heterocycles. The van der Waals surface area contributed by atoms with Crippen LogP contribution in [-0.2, 0) is 9.59 Å². The second kappa shape index (κ2) is 10.8. The zero-order valence-electron chi connectivity index (χ0n) is 18.7. The molecule has 170 valence electrons. The van der Waals surface area contributed by atoms with Gasteiger partial charge in [-0.2, -0.15) is 0 Å². The fourth-order valence-corrected chi connectivity index (χ4v) is 3.80. The highest BCUT2D eigenvalue weighted by Gasteiger charge is 2.25. The van der Waals surface area contributed by atoms with E-state index < -0.39 is 17.9 Å². The normalized spacial score (nSPS) is 14.8. The molecule has 7 heteroatoms. The third kappa shape index (κ3) is 6.09. The van der Waals surface area contributed by atoms with Crippen molar-refractivity contribution in [3.05, 3.63) is 65.7 Å². The zero-order chi connectivity index (χ0) is 23.1. The van der Waals surface area contributed by atoms with E-state index in [0.717, 1.165) is 18.8 Å². The Balaban J connectivity index is 1.48. The highest BCUT2D eigenvalue weighted by molar-refractivity contribution is 5.96. The van der Waals surface area contributed by atoms with Gasteiger partial charge in [0.05, 0.1) is 0 Å². The van der Waals surface area contributed by atoms with E-state index in [1.165, 1.54) is 5.56 Å². The summed E-state index contributed by atoms with van der Waals surface area (Å²) in [6.07, 6.45) is 0.138. The average Bonchev–Trinajstić information content (AvgIpc) is 2.82. The third-order valence-corrected chi connectivity index (χ3v) is 5.84. The Morgan fingerprint density at radius 1 is 0.938 bits per heavy atom. The van der Waals surface area contributed by atoms with Crippen molar-refractivity contribution < 1.29 is 19.5 Å². The second-order valence-corrected chi connectivity index (χ2v) is 8.38. The first-order valence-corrected chi connectivity index (χ1v) is 11.1. The van der Waals surface area contributed by atoms with Crippen LogP contribution in [0.5, 0.6) is 0 Å². The molecule has 7 nitrogen and oxygen atoms in total. The van der Waals surface area contributed by atoms with Gasteiger partial charge in [-0.15, -0.1) is 0 Å². The number of hydrogen-bond donors (Lipinski definition) is 2. The van der Waals surface area contributed by atoms with Gasteiger partial charge in [0.25, 0.3) is 5.91 Å². The van der Waals surface area contributed by atoms with E-state index in [1.54, 1.807) is 35.2 Å². The van der Waals surface area contributed by atoms with Gasteiger partial charge >= 0.3 is 5.97 Å². The predicted molar refractivity (Wildman–Crippen MR) is 124 cm³/mol. The molecular weight excluding hydrogens is 406 g/mol. The predicted octanol–water partition coefficient (Wildman–Crippen LogP) is 3.12. The van der Waals surface area contributed by atoms with Crippen LogP contribution in [-0.4, -0.2) is 60.0 Å². The number of nitrogens with one attached hydrogen (secondary N) is 1. The number of carbonyl (C=O) groups is 3. The highest BCUT2D eigenvalue weighted by atomic mass is 16.4. The van der Waals surface area contributed by atoms with Gasteiger partial charge in [-0.1, -0.05) is 44.2 Å². The summed E-state index contributed by atoms with van der Waals surface area (Å²) in [5, 5.41) is 12.0. The zero-order valence-corrected chi connectivity index (χ0v) is 18.7. The molecule has 0 radical (unpaired) electrons. The number of rotatable bonds is 8. The second-order valence-electron chi connectivity index (χ2n) is 8.38. The Morgan fingerprint density at radius 3 is 2.12 bits per heavy atom.